The zero-order valence-corrected chi connectivity index (χ0v) is 16.5. The van der Waals surface area contributed by atoms with Gasteiger partial charge < -0.3 is 20.2 Å². The number of urea groups is 1. The van der Waals surface area contributed by atoms with Gasteiger partial charge in [0, 0.05) is 38.3 Å². The normalized spacial score (nSPS) is 17.3. The molecular formula is C16H24ClN5O3S. The Morgan fingerprint density at radius 1 is 1.42 bits per heavy atom. The van der Waals surface area contributed by atoms with Crippen molar-refractivity contribution in [2.75, 3.05) is 36.8 Å². The highest BCUT2D eigenvalue weighted by molar-refractivity contribution is 7.99. The van der Waals surface area contributed by atoms with Crippen molar-refractivity contribution < 1.29 is 14.7 Å². The maximum Gasteiger partial charge on any atom is 0.317 e. The van der Waals surface area contributed by atoms with E-state index in [-0.39, 0.29) is 23.0 Å². The molecule has 2 heterocycles. The lowest BCUT2D eigenvalue weighted by Crippen LogP contribution is -2.56. The third-order valence-corrected chi connectivity index (χ3v) is 5.03. The Morgan fingerprint density at radius 2 is 2.19 bits per heavy atom. The number of carbonyl (C=O) groups is 2. The minimum Gasteiger partial charge on any atom is -0.481 e. The molecule has 8 nitrogen and oxygen atoms in total. The molecule has 1 aliphatic rings. The zero-order chi connectivity index (χ0) is 19.1. The fourth-order valence-corrected chi connectivity index (χ4v) is 3.48. The fourth-order valence-electron chi connectivity index (χ4n) is 2.68. The molecule has 1 fully saturated rings. The highest BCUT2D eigenvalue weighted by Crippen LogP contribution is 2.24. The fraction of sp³-hybridized carbons (Fsp3) is 0.625. The largest absolute Gasteiger partial charge is 0.481 e. The Labute approximate surface area is 162 Å². The van der Waals surface area contributed by atoms with Crippen LogP contribution in [0.15, 0.2) is 11.2 Å². The Morgan fingerprint density at radius 3 is 2.85 bits per heavy atom. The topological polar surface area (TPSA) is 98.7 Å². The monoisotopic (exact) mass is 401 g/mol. The number of amides is 2. The summed E-state index contributed by atoms with van der Waals surface area (Å²) in [5.41, 5.74) is 0. The first-order valence-electron chi connectivity index (χ1n) is 8.59. The van der Waals surface area contributed by atoms with Crippen molar-refractivity contribution in [3.63, 3.8) is 0 Å². The number of carbonyl (C=O) groups excluding carboxylic acids is 1. The summed E-state index contributed by atoms with van der Waals surface area (Å²) in [7, 11) is 0. The quantitative estimate of drug-likeness (QED) is 0.313. The molecule has 0 radical (unpaired) electrons. The summed E-state index contributed by atoms with van der Waals surface area (Å²) in [5.74, 6) is -0.408. The van der Waals surface area contributed by atoms with E-state index in [2.05, 4.69) is 22.2 Å². The number of carboxylic acids is 1. The van der Waals surface area contributed by atoms with Crippen LogP contribution in [-0.2, 0) is 4.79 Å². The SMILES string of the molecule is CCCCNC(=O)N1CCN(c2cc(Cl)nc(SCC(=O)O)n2)C[C@@H]1C. The second kappa shape index (κ2) is 9.82. The highest BCUT2D eigenvalue weighted by atomic mass is 35.5. The van der Waals surface area contributed by atoms with Crippen LogP contribution >= 0.6 is 23.4 Å². The van der Waals surface area contributed by atoms with Crippen LogP contribution in [0, 0.1) is 0 Å². The molecule has 1 aromatic rings. The van der Waals surface area contributed by atoms with E-state index in [1.807, 2.05) is 16.7 Å². The van der Waals surface area contributed by atoms with Crippen LogP contribution in [0.25, 0.3) is 0 Å². The number of piperazine rings is 1. The maximum atomic E-state index is 12.3. The molecule has 2 rings (SSSR count). The third-order valence-electron chi connectivity index (χ3n) is 4.00. The minimum atomic E-state index is -0.934. The molecule has 0 aliphatic carbocycles. The van der Waals surface area contributed by atoms with Crippen molar-refractivity contribution in [1.82, 2.24) is 20.2 Å². The van der Waals surface area contributed by atoms with Crippen LogP contribution in [0.3, 0.4) is 0 Å². The highest BCUT2D eigenvalue weighted by Gasteiger charge is 2.28. The van der Waals surface area contributed by atoms with E-state index >= 15 is 0 Å². The molecule has 0 spiro atoms. The van der Waals surface area contributed by atoms with E-state index in [1.54, 1.807) is 6.07 Å². The molecule has 0 bridgehead atoms. The smallest absolute Gasteiger partial charge is 0.317 e. The van der Waals surface area contributed by atoms with E-state index in [4.69, 9.17) is 16.7 Å². The van der Waals surface area contributed by atoms with E-state index in [9.17, 15) is 9.59 Å². The molecule has 10 heteroatoms. The molecule has 1 atom stereocenters. The van der Waals surface area contributed by atoms with Crippen LogP contribution < -0.4 is 10.2 Å². The first-order valence-corrected chi connectivity index (χ1v) is 9.95. The standard InChI is InChI=1S/C16H24ClN5O3S/c1-3-4-5-18-16(25)22-7-6-21(9-11(22)2)13-8-12(17)19-15(20-13)26-10-14(23)24/h8,11H,3-7,9-10H2,1-2H3,(H,18,25)(H,23,24)/t11-/m0/s1. The van der Waals surface area contributed by atoms with Gasteiger partial charge in [-0.05, 0) is 13.3 Å². The number of hydrogen-bond donors (Lipinski definition) is 2. The molecule has 26 heavy (non-hydrogen) atoms. The number of thioether (sulfide) groups is 1. The Balaban J connectivity index is 1.99. The number of nitrogens with zero attached hydrogens (tertiary/aromatic N) is 4. The number of halogens is 1. The van der Waals surface area contributed by atoms with Crippen molar-refractivity contribution >= 4 is 41.2 Å². The molecular weight excluding hydrogens is 378 g/mol. The van der Waals surface area contributed by atoms with E-state index in [0.29, 0.717) is 37.2 Å². The molecule has 0 saturated carbocycles. The van der Waals surface area contributed by atoms with Crippen molar-refractivity contribution in [2.24, 2.45) is 0 Å². The van der Waals surface area contributed by atoms with Gasteiger partial charge in [0.25, 0.3) is 0 Å². The van der Waals surface area contributed by atoms with Crippen LogP contribution in [0.5, 0.6) is 0 Å². The number of rotatable bonds is 7. The van der Waals surface area contributed by atoms with Gasteiger partial charge >= 0.3 is 12.0 Å². The third kappa shape index (κ3) is 5.91. The second-order valence-corrected chi connectivity index (χ2v) is 7.42. The molecule has 1 aliphatic heterocycles. The summed E-state index contributed by atoms with van der Waals surface area (Å²) in [4.78, 5) is 35.3. The average Bonchev–Trinajstić information content (AvgIpc) is 2.59. The van der Waals surface area contributed by atoms with E-state index in [0.717, 1.165) is 24.6 Å². The predicted octanol–water partition coefficient (Wildman–Crippen LogP) is 2.33. The number of hydrogen-bond acceptors (Lipinski definition) is 6. The van der Waals surface area contributed by atoms with Crippen molar-refractivity contribution in [3.8, 4) is 0 Å². The number of unbranched alkanes of at least 4 members (excludes halogenated alkanes) is 1. The summed E-state index contributed by atoms with van der Waals surface area (Å²) in [6.07, 6.45) is 2.01. The minimum absolute atomic E-state index is 0.0224. The van der Waals surface area contributed by atoms with Gasteiger partial charge in [0.1, 0.15) is 11.0 Å². The lowest BCUT2D eigenvalue weighted by atomic mass is 10.2. The lowest BCUT2D eigenvalue weighted by Gasteiger charge is -2.40. The second-order valence-electron chi connectivity index (χ2n) is 6.09. The number of nitrogens with one attached hydrogen (secondary N) is 1. The number of aliphatic carboxylic acids is 1. The van der Waals surface area contributed by atoms with Gasteiger partial charge in [-0.1, -0.05) is 36.7 Å². The Bertz CT molecular complexity index is 648. The lowest BCUT2D eigenvalue weighted by molar-refractivity contribution is -0.133. The number of anilines is 1. The van der Waals surface area contributed by atoms with Gasteiger partial charge in [-0.3, -0.25) is 4.79 Å². The van der Waals surface area contributed by atoms with Crippen molar-refractivity contribution in [1.29, 1.82) is 0 Å². The first kappa shape index (κ1) is 20.6. The number of aromatic nitrogens is 2. The molecule has 2 N–H and O–H groups in total. The van der Waals surface area contributed by atoms with E-state index in [1.165, 1.54) is 0 Å². The van der Waals surface area contributed by atoms with Crippen LogP contribution in [0.2, 0.25) is 5.15 Å². The maximum absolute atomic E-state index is 12.3. The predicted molar refractivity (Wildman–Crippen MR) is 102 cm³/mol. The Kier molecular flexibility index (Phi) is 7.77. The van der Waals surface area contributed by atoms with Crippen LogP contribution in [0.4, 0.5) is 10.6 Å². The van der Waals surface area contributed by atoms with Gasteiger partial charge in [-0.15, -0.1) is 0 Å². The van der Waals surface area contributed by atoms with E-state index < -0.39 is 5.97 Å². The van der Waals surface area contributed by atoms with Crippen molar-refractivity contribution in [3.05, 3.63) is 11.2 Å². The number of carboxylic acid groups (broad SMARTS) is 1. The molecule has 0 aromatic carbocycles. The molecule has 1 saturated heterocycles. The summed E-state index contributed by atoms with van der Waals surface area (Å²) in [6, 6.07) is 1.65. The first-order chi connectivity index (χ1) is 12.4. The summed E-state index contributed by atoms with van der Waals surface area (Å²) >= 11 is 7.09. The molecule has 0 unspecified atom stereocenters. The summed E-state index contributed by atoms with van der Waals surface area (Å²) in [6.45, 7) is 6.60. The van der Waals surface area contributed by atoms with Crippen molar-refractivity contribution in [2.45, 2.75) is 37.9 Å². The van der Waals surface area contributed by atoms with Gasteiger partial charge in [-0.25, -0.2) is 14.8 Å². The summed E-state index contributed by atoms with van der Waals surface area (Å²) < 4.78 is 0. The van der Waals surface area contributed by atoms with Crippen LogP contribution in [0.1, 0.15) is 26.7 Å². The van der Waals surface area contributed by atoms with Crippen LogP contribution in [-0.4, -0.2) is 69.9 Å². The molecule has 144 valence electrons. The van der Waals surface area contributed by atoms with Gasteiger partial charge in [0.15, 0.2) is 5.16 Å². The Hall–Kier alpha value is -1.74. The molecule has 1 aromatic heterocycles. The average molecular weight is 402 g/mol. The summed E-state index contributed by atoms with van der Waals surface area (Å²) in [5, 5.41) is 12.3. The van der Waals surface area contributed by atoms with Gasteiger partial charge in [-0.2, -0.15) is 0 Å². The zero-order valence-electron chi connectivity index (χ0n) is 14.9. The van der Waals surface area contributed by atoms with Gasteiger partial charge in [0.2, 0.25) is 0 Å². The van der Waals surface area contributed by atoms with Gasteiger partial charge in [0.05, 0.1) is 5.75 Å². The molecule has 2 amide bonds.